The Labute approximate surface area is 202 Å². The van der Waals surface area contributed by atoms with Crippen LogP contribution < -0.4 is 0 Å². The lowest BCUT2D eigenvalue weighted by Crippen LogP contribution is -2.29. The summed E-state index contributed by atoms with van der Waals surface area (Å²) >= 11 is 0. The molecule has 176 valence electrons. The minimum atomic E-state index is -0.804. The number of carbonyl (C=O) groups is 2. The molecular weight excluding hydrogens is 443 g/mol. The predicted octanol–water partition coefficient (Wildman–Crippen LogP) is 5.80. The van der Waals surface area contributed by atoms with Crippen LogP contribution >= 0.6 is 0 Å². The molecule has 3 aromatic carbocycles. The summed E-state index contributed by atoms with van der Waals surface area (Å²) in [5.41, 5.74) is 4.74. The first-order valence-corrected chi connectivity index (χ1v) is 11.6. The number of fused-ring (bicyclic) bond motifs is 1. The number of ketones is 1. The summed E-state index contributed by atoms with van der Waals surface area (Å²) in [5.74, 6) is -2.02. The van der Waals surface area contributed by atoms with Crippen LogP contribution in [0.15, 0.2) is 78.4 Å². The molecule has 5 nitrogen and oxygen atoms in total. The van der Waals surface area contributed by atoms with Crippen LogP contribution in [0.3, 0.4) is 0 Å². The number of carbonyl (C=O) groups excluding carboxylic acids is 2. The molecule has 4 aromatic rings. The smallest absolute Gasteiger partial charge is 0.295 e. The Hall–Kier alpha value is -4.19. The van der Waals surface area contributed by atoms with Crippen molar-refractivity contribution in [3.63, 3.8) is 0 Å². The lowest BCUT2D eigenvalue weighted by molar-refractivity contribution is -0.140. The molecule has 5 rings (SSSR count). The topological polar surface area (TPSA) is 73.4 Å². The third kappa shape index (κ3) is 3.91. The SMILES string of the molecule is CCc1ccc(/C(O)=C2\C(=O)C(=O)N(Cc3ccc(F)cc3)C2c2c(C)[nH]c3ccccc23)cc1. The van der Waals surface area contributed by atoms with Crippen molar-refractivity contribution in [3.8, 4) is 0 Å². The number of aromatic nitrogens is 1. The summed E-state index contributed by atoms with van der Waals surface area (Å²) < 4.78 is 13.5. The van der Waals surface area contributed by atoms with Gasteiger partial charge in [-0.15, -0.1) is 0 Å². The van der Waals surface area contributed by atoms with Gasteiger partial charge in [0, 0.05) is 34.3 Å². The van der Waals surface area contributed by atoms with E-state index in [0.717, 1.165) is 34.1 Å². The molecule has 1 atom stereocenters. The van der Waals surface area contributed by atoms with Gasteiger partial charge in [0.1, 0.15) is 11.6 Å². The Balaban J connectivity index is 1.71. The van der Waals surface area contributed by atoms with Gasteiger partial charge in [-0.3, -0.25) is 9.59 Å². The Morgan fingerprint density at radius 3 is 2.31 bits per heavy atom. The number of rotatable bonds is 5. The van der Waals surface area contributed by atoms with Crippen LogP contribution in [0.25, 0.3) is 16.7 Å². The molecule has 0 spiro atoms. The minimum absolute atomic E-state index is 0.0502. The highest BCUT2D eigenvalue weighted by Crippen LogP contribution is 2.44. The first kappa shape index (κ1) is 22.6. The number of aryl methyl sites for hydroxylation is 2. The van der Waals surface area contributed by atoms with Crippen molar-refractivity contribution in [2.75, 3.05) is 0 Å². The van der Waals surface area contributed by atoms with Crippen LogP contribution in [0.1, 0.15) is 40.9 Å². The van der Waals surface area contributed by atoms with Crippen molar-refractivity contribution in [2.24, 2.45) is 0 Å². The number of likely N-dealkylation sites (tertiary alicyclic amines) is 1. The zero-order valence-corrected chi connectivity index (χ0v) is 19.5. The number of aliphatic hydroxyl groups is 1. The number of benzene rings is 3. The summed E-state index contributed by atoms with van der Waals surface area (Å²) in [7, 11) is 0. The summed E-state index contributed by atoms with van der Waals surface area (Å²) in [4.78, 5) is 31.5. The molecule has 2 heterocycles. The number of aliphatic hydroxyl groups excluding tert-OH is 1. The highest BCUT2D eigenvalue weighted by Gasteiger charge is 2.47. The van der Waals surface area contributed by atoms with E-state index in [0.29, 0.717) is 11.1 Å². The van der Waals surface area contributed by atoms with Crippen molar-refractivity contribution in [1.82, 2.24) is 9.88 Å². The highest BCUT2D eigenvalue weighted by molar-refractivity contribution is 6.46. The zero-order chi connectivity index (χ0) is 24.7. The lowest BCUT2D eigenvalue weighted by Gasteiger charge is -2.26. The zero-order valence-electron chi connectivity index (χ0n) is 19.5. The Morgan fingerprint density at radius 1 is 0.971 bits per heavy atom. The van der Waals surface area contributed by atoms with Crippen molar-refractivity contribution in [2.45, 2.75) is 32.9 Å². The van der Waals surface area contributed by atoms with E-state index in [2.05, 4.69) is 4.98 Å². The first-order chi connectivity index (χ1) is 16.9. The van der Waals surface area contributed by atoms with Crippen LogP contribution in [0, 0.1) is 12.7 Å². The normalized spacial score (nSPS) is 17.5. The van der Waals surface area contributed by atoms with Gasteiger partial charge >= 0.3 is 0 Å². The van der Waals surface area contributed by atoms with E-state index in [4.69, 9.17) is 0 Å². The molecular formula is C29H25FN2O3. The molecule has 0 radical (unpaired) electrons. The maximum absolute atomic E-state index is 13.5. The van der Waals surface area contributed by atoms with Gasteiger partial charge in [-0.05, 0) is 42.7 Å². The maximum atomic E-state index is 13.5. The van der Waals surface area contributed by atoms with Gasteiger partial charge < -0.3 is 15.0 Å². The van der Waals surface area contributed by atoms with E-state index in [9.17, 15) is 19.1 Å². The van der Waals surface area contributed by atoms with E-state index in [1.807, 2.05) is 50.2 Å². The van der Waals surface area contributed by atoms with E-state index >= 15 is 0 Å². The number of aromatic amines is 1. The van der Waals surface area contributed by atoms with Gasteiger partial charge in [0.05, 0.1) is 11.6 Å². The molecule has 2 N–H and O–H groups in total. The van der Waals surface area contributed by atoms with Crippen molar-refractivity contribution in [3.05, 3.63) is 112 Å². The van der Waals surface area contributed by atoms with E-state index in [-0.39, 0.29) is 23.7 Å². The van der Waals surface area contributed by atoms with Gasteiger partial charge in [-0.1, -0.05) is 61.5 Å². The number of para-hydroxylation sites is 1. The van der Waals surface area contributed by atoms with Crippen LogP contribution in [0.5, 0.6) is 0 Å². The second-order valence-electron chi connectivity index (χ2n) is 8.81. The monoisotopic (exact) mass is 468 g/mol. The standard InChI is InChI=1S/C29H25FN2O3/c1-3-18-8-12-20(13-9-18)27(33)25-26(24-17(2)31-23-7-5-4-6-22(23)24)32(29(35)28(25)34)16-19-10-14-21(30)15-11-19/h4-15,26,31,33H,3,16H2,1-2H3/b27-25+. The Kier molecular flexibility index (Phi) is 5.73. The molecule has 1 aliphatic rings. The molecule has 1 aliphatic heterocycles. The predicted molar refractivity (Wildman–Crippen MR) is 133 cm³/mol. The first-order valence-electron chi connectivity index (χ1n) is 11.6. The average molecular weight is 469 g/mol. The summed E-state index contributed by atoms with van der Waals surface area (Å²) in [5, 5.41) is 12.2. The Morgan fingerprint density at radius 2 is 1.63 bits per heavy atom. The summed E-state index contributed by atoms with van der Waals surface area (Å²) in [6.45, 7) is 4.03. The summed E-state index contributed by atoms with van der Waals surface area (Å²) in [6, 6.07) is 20.0. The molecule has 1 amide bonds. The van der Waals surface area contributed by atoms with Gasteiger partial charge in [0.15, 0.2) is 0 Å². The minimum Gasteiger partial charge on any atom is -0.507 e. The second kappa shape index (κ2) is 8.87. The van der Waals surface area contributed by atoms with Crippen molar-refractivity contribution in [1.29, 1.82) is 0 Å². The number of nitrogens with zero attached hydrogens (tertiary/aromatic N) is 1. The van der Waals surface area contributed by atoms with Gasteiger partial charge in [0.2, 0.25) is 0 Å². The number of hydrogen-bond acceptors (Lipinski definition) is 3. The number of Topliss-reactive ketones (excluding diaryl/α,β-unsaturated/α-hetero) is 1. The quantitative estimate of drug-likeness (QED) is 0.221. The molecule has 1 fully saturated rings. The van der Waals surface area contributed by atoms with Gasteiger partial charge in [-0.25, -0.2) is 4.39 Å². The van der Waals surface area contributed by atoms with E-state index in [1.165, 1.54) is 17.0 Å². The fourth-order valence-electron chi connectivity index (χ4n) is 4.83. The number of halogens is 1. The van der Waals surface area contributed by atoms with Crippen LogP contribution in [0.4, 0.5) is 4.39 Å². The largest absolute Gasteiger partial charge is 0.507 e. The number of nitrogens with one attached hydrogen (secondary N) is 1. The van der Waals surface area contributed by atoms with E-state index in [1.54, 1.807) is 24.3 Å². The summed E-state index contributed by atoms with van der Waals surface area (Å²) in [6.07, 6.45) is 0.845. The van der Waals surface area contributed by atoms with Gasteiger partial charge in [0.25, 0.3) is 11.7 Å². The van der Waals surface area contributed by atoms with Crippen molar-refractivity contribution < 1.29 is 19.1 Å². The molecule has 1 unspecified atom stereocenters. The maximum Gasteiger partial charge on any atom is 0.295 e. The second-order valence-corrected chi connectivity index (χ2v) is 8.81. The fourth-order valence-corrected chi connectivity index (χ4v) is 4.83. The van der Waals surface area contributed by atoms with E-state index < -0.39 is 17.7 Å². The molecule has 6 heteroatoms. The molecule has 0 bridgehead atoms. The Bertz CT molecular complexity index is 1470. The molecule has 0 aliphatic carbocycles. The lowest BCUT2D eigenvalue weighted by atomic mass is 9.93. The van der Waals surface area contributed by atoms with Crippen molar-refractivity contribution >= 4 is 28.4 Å². The number of H-pyrrole nitrogens is 1. The third-order valence-electron chi connectivity index (χ3n) is 6.66. The molecule has 0 saturated carbocycles. The van der Waals surface area contributed by atoms with Crippen LogP contribution in [0.2, 0.25) is 0 Å². The van der Waals surface area contributed by atoms with Gasteiger partial charge in [-0.2, -0.15) is 0 Å². The third-order valence-corrected chi connectivity index (χ3v) is 6.66. The van der Waals surface area contributed by atoms with Crippen LogP contribution in [-0.2, 0) is 22.6 Å². The molecule has 1 saturated heterocycles. The average Bonchev–Trinajstić information content (AvgIpc) is 3.32. The van der Waals surface area contributed by atoms with Crippen LogP contribution in [-0.4, -0.2) is 26.7 Å². The molecule has 35 heavy (non-hydrogen) atoms. The molecule has 1 aromatic heterocycles. The fraction of sp³-hybridized carbons (Fsp3) is 0.172. The number of hydrogen-bond donors (Lipinski definition) is 2. The highest BCUT2D eigenvalue weighted by atomic mass is 19.1. The number of amides is 1.